The summed E-state index contributed by atoms with van der Waals surface area (Å²) in [6.07, 6.45) is 0. The van der Waals surface area contributed by atoms with E-state index in [1.807, 2.05) is 17.8 Å². The van der Waals surface area contributed by atoms with Crippen molar-refractivity contribution in [3.63, 3.8) is 0 Å². The lowest BCUT2D eigenvalue weighted by Crippen LogP contribution is -2.15. The summed E-state index contributed by atoms with van der Waals surface area (Å²) in [5.74, 6) is 1.15. The molecule has 0 aliphatic heterocycles. The molecule has 0 aliphatic rings. The molecule has 0 saturated carbocycles. The monoisotopic (exact) mass is 181 g/mol. The summed E-state index contributed by atoms with van der Waals surface area (Å²) in [7, 11) is 0. The minimum atomic E-state index is 1.06. The lowest BCUT2D eigenvalue weighted by molar-refractivity contribution is 0.768. The van der Waals surface area contributed by atoms with E-state index in [-0.39, 0.29) is 0 Å². The van der Waals surface area contributed by atoms with Crippen molar-refractivity contribution in [2.75, 3.05) is 18.8 Å². The third-order valence-corrected chi connectivity index (χ3v) is 2.55. The van der Waals surface area contributed by atoms with Gasteiger partial charge in [-0.2, -0.15) is 0 Å². The summed E-state index contributed by atoms with van der Waals surface area (Å²) in [6.45, 7) is 4.29. The summed E-state index contributed by atoms with van der Waals surface area (Å²) < 4.78 is 0. The molecule has 1 nitrogen and oxygen atoms in total. The average molecular weight is 181 g/mol. The van der Waals surface area contributed by atoms with Gasteiger partial charge in [0.1, 0.15) is 0 Å². The summed E-state index contributed by atoms with van der Waals surface area (Å²) in [6, 6.07) is 10.5. The Balaban J connectivity index is 2.16. The van der Waals surface area contributed by atoms with Crippen LogP contribution in [0.15, 0.2) is 35.2 Å². The van der Waals surface area contributed by atoms with Crippen LogP contribution in [-0.2, 0) is 0 Å². The van der Waals surface area contributed by atoms with Crippen molar-refractivity contribution in [1.82, 2.24) is 5.32 Å². The smallest absolute Gasteiger partial charge is 0.0106 e. The van der Waals surface area contributed by atoms with Crippen molar-refractivity contribution in [3.8, 4) is 0 Å². The second-order valence-corrected chi connectivity index (χ2v) is 3.68. The van der Waals surface area contributed by atoms with Crippen molar-refractivity contribution in [3.05, 3.63) is 30.3 Å². The van der Waals surface area contributed by atoms with E-state index >= 15 is 0 Å². The number of thioether (sulfide) groups is 1. The standard InChI is InChI=1S/C10H15NS/c1-2-11-8-9-12-10-6-4-3-5-7-10/h3-7,11H,2,8-9H2,1H3. The van der Waals surface area contributed by atoms with Crippen molar-refractivity contribution in [2.45, 2.75) is 11.8 Å². The topological polar surface area (TPSA) is 12.0 Å². The van der Waals surface area contributed by atoms with E-state index in [1.165, 1.54) is 4.90 Å². The molecule has 0 fully saturated rings. The van der Waals surface area contributed by atoms with Crippen LogP contribution in [0.1, 0.15) is 6.92 Å². The average Bonchev–Trinajstić information content (AvgIpc) is 2.14. The van der Waals surface area contributed by atoms with Crippen LogP contribution < -0.4 is 5.32 Å². The lowest BCUT2D eigenvalue weighted by atomic mass is 10.4. The van der Waals surface area contributed by atoms with E-state index in [2.05, 4.69) is 36.5 Å². The fourth-order valence-electron chi connectivity index (χ4n) is 0.935. The number of nitrogens with one attached hydrogen (secondary N) is 1. The maximum Gasteiger partial charge on any atom is 0.0106 e. The van der Waals surface area contributed by atoms with Crippen LogP contribution in [0.5, 0.6) is 0 Å². The molecule has 0 amide bonds. The number of benzene rings is 1. The van der Waals surface area contributed by atoms with E-state index in [1.54, 1.807) is 0 Å². The van der Waals surface area contributed by atoms with E-state index < -0.39 is 0 Å². The van der Waals surface area contributed by atoms with Gasteiger partial charge in [0.15, 0.2) is 0 Å². The van der Waals surface area contributed by atoms with Gasteiger partial charge in [-0.05, 0) is 18.7 Å². The second kappa shape index (κ2) is 6.09. The van der Waals surface area contributed by atoms with Crippen LogP contribution in [0, 0.1) is 0 Å². The highest BCUT2D eigenvalue weighted by molar-refractivity contribution is 7.99. The zero-order valence-corrected chi connectivity index (χ0v) is 8.23. The van der Waals surface area contributed by atoms with Gasteiger partial charge in [0, 0.05) is 17.2 Å². The van der Waals surface area contributed by atoms with Gasteiger partial charge in [-0.1, -0.05) is 25.1 Å². The number of rotatable bonds is 5. The third-order valence-electron chi connectivity index (χ3n) is 1.54. The molecule has 1 aromatic carbocycles. The molecule has 1 N–H and O–H groups in total. The fourth-order valence-corrected chi connectivity index (χ4v) is 1.77. The molecule has 0 radical (unpaired) electrons. The molecule has 0 heterocycles. The zero-order chi connectivity index (χ0) is 8.65. The molecule has 0 unspecified atom stereocenters. The van der Waals surface area contributed by atoms with Gasteiger partial charge in [0.25, 0.3) is 0 Å². The van der Waals surface area contributed by atoms with E-state index in [9.17, 15) is 0 Å². The molecular formula is C10H15NS. The predicted molar refractivity (Wildman–Crippen MR) is 55.7 cm³/mol. The van der Waals surface area contributed by atoms with Crippen molar-refractivity contribution in [2.24, 2.45) is 0 Å². The highest BCUT2D eigenvalue weighted by atomic mass is 32.2. The third kappa shape index (κ3) is 3.79. The van der Waals surface area contributed by atoms with Crippen LogP contribution >= 0.6 is 11.8 Å². The Hall–Kier alpha value is -0.470. The molecule has 0 atom stereocenters. The molecule has 0 aliphatic carbocycles. The molecule has 0 saturated heterocycles. The molecule has 66 valence electrons. The molecule has 0 aromatic heterocycles. The van der Waals surface area contributed by atoms with Gasteiger partial charge in [-0.3, -0.25) is 0 Å². The Morgan fingerprint density at radius 1 is 1.25 bits per heavy atom. The summed E-state index contributed by atoms with van der Waals surface area (Å²) in [5.41, 5.74) is 0. The normalized spacial score (nSPS) is 10.1. The largest absolute Gasteiger partial charge is 0.316 e. The van der Waals surface area contributed by atoms with Crippen LogP contribution in [0.25, 0.3) is 0 Å². The van der Waals surface area contributed by atoms with Crippen LogP contribution in [-0.4, -0.2) is 18.8 Å². The lowest BCUT2D eigenvalue weighted by Gasteiger charge is -2.01. The quantitative estimate of drug-likeness (QED) is 0.553. The van der Waals surface area contributed by atoms with E-state index in [0.29, 0.717) is 0 Å². The Kier molecular flexibility index (Phi) is 4.88. The first-order valence-corrected chi connectivity index (χ1v) is 5.30. The van der Waals surface area contributed by atoms with Gasteiger partial charge in [-0.25, -0.2) is 0 Å². The van der Waals surface area contributed by atoms with Crippen LogP contribution in [0.2, 0.25) is 0 Å². The first-order chi connectivity index (χ1) is 5.93. The maximum absolute atomic E-state index is 3.30. The van der Waals surface area contributed by atoms with Crippen molar-refractivity contribution >= 4 is 11.8 Å². The molecule has 1 aromatic rings. The van der Waals surface area contributed by atoms with Crippen molar-refractivity contribution in [1.29, 1.82) is 0 Å². The highest BCUT2D eigenvalue weighted by Crippen LogP contribution is 2.15. The fraction of sp³-hybridized carbons (Fsp3) is 0.400. The number of hydrogen-bond acceptors (Lipinski definition) is 2. The molecule has 0 spiro atoms. The van der Waals surface area contributed by atoms with E-state index in [0.717, 1.165) is 18.8 Å². The van der Waals surface area contributed by atoms with Crippen LogP contribution in [0.3, 0.4) is 0 Å². The molecule has 12 heavy (non-hydrogen) atoms. The second-order valence-electron chi connectivity index (χ2n) is 2.52. The minimum absolute atomic E-state index is 1.06. The molecule has 1 rings (SSSR count). The van der Waals surface area contributed by atoms with Crippen molar-refractivity contribution < 1.29 is 0 Å². The maximum atomic E-state index is 3.30. The Labute approximate surface area is 78.6 Å². The zero-order valence-electron chi connectivity index (χ0n) is 7.42. The van der Waals surface area contributed by atoms with Crippen LogP contribution in [0.4, 0.5) is 0 Å². The summed E-state index contributed by atoms with van der Waals surface area (Å²) >= 11 is 1.90. The van der Waals surface area contributed by atoms with Gasteiger partial charge in [0.2, 0.25) is 0 Å². The predicted octanol–water partition coefficient (Wildman–Crippen LogP) is 2.39. The van der Waals surface area contributed by atoms with Gasteiger partial charge in [0.05, 0.1) is 0 Å². The summed E-state index contributed by atoms with van der Waals surface area (Å²) in [5, 5.41) is 3.30. The Bertz CT molecular complexity index is 198. The van der Waals surface area contributed by atoms with Gasteiger partial charge >= 0.3 is 0 Å². The Morgan fingerprint density at radius 2 is 2.00 bits per heavy atom. The first-order valence-electron chi connectivity index (χ1n) is 4.32. The minimum Gasteiger partial charge on any atom is -0.316 e. The number of hydrogen-bond donors (Lipinski definition) is 1. The molecule has 0 bridgehead atoms. The highest BCUT2D eigenvalue weighted by Gasteiger charge is 1.90. The van der Waals surface area contributed by atoms with Gasteiger partial charge < -0.3 is 5.32 Å². The summed E-state index contributed by atoms with van der Waals surface area (Å²) in [4.78, 5) is 1.36. The first kappa shape index (κ1) is 9.62. The van der Waals surface area contributed by atoms with Gasteiger partial charge in [-0.15, -0.1) is 11.8 Å². The molecule has 2 heteroatoms. The Morgan fingerprint density at radius 3 is 2.67 bits per heavy atom. The molecular weight excluding hydrogens is 166 g/mol. The SMILES string of the molecule is CCNCCSc1ccccc1. The van der Waals surface area contributed by atoms with E-state index in [4.69, 9.17) is 0 Å².